The normalized spacial score (nSPS) is 21.5. The number of hydrogen-bond acceptors (Lipinski definition) is 2. The molecule has 0 radical (unpaired) electrons. The smallest absolute Gasteiger partial charge is 0.389 e. The van der Waals surface area contributed by atoms with Gasteiger partial charge in [-0.1, -0.05) is 28.1 Å². The number of carbonyl (C=O) groups is 2. The topological polar surface area (TPSA) is 57.6 Å². The van der Waals surface area contributed by atoms with Crippen LogP contribution >= 0.6 is 15.9 Å². The van der Waals surface area contributed by atoms with Crippen molar-refractivity contribution in [2.45, 2.75) is 24.9 Å². The molecule has 1 saturated heterocycles. The van der Waals surface area contributed by atoms with Crippen LogP contribution in [0.15, 0.2) is 28.7 Å². The van der Waals surface area contributed by atoms with E-state index >= 15 is 0 Å². The van der Waals surface area contributed by atoms with Gasteiger partial charge in [-0.25, -0.2) is 0 Å². The van der Waals surface area contributed by atoms with Gasteiger partial charge < -0.3 is 10.0 Å². The predicted octanol–water partition coefficient (Wildman–Crippen LogP) is 3.42. The van der Waals surface area contributed by atoms with E-state index in [0.29, 0.717) is 0 Å². The maximum atomic E-state index is 12.2. The van der Waals surface area contributed by atoms with E-state index in [1.165, 1.54) is 4.90 Å². The van der Waals surface area contributed by atoms with Crippen LogP contribution in [0.2, 0.25) is 0 Å². The number of aliphatic carboxylic acids is 1. The van der Waals surface area contributed by atoms with Crippen LogP contribution in [-0.4, -0.2) is 41.1 Å². The summed E-state index contributed by atoms with van der Waals surface area (Å²) in [4.78, 5) is 24.5. The Morgan fingerprint density at radius 2 is 1.83 bits per heavy atom. The molecule has 0 aromatic heterocycles. The molecule has 0 saturated carbocycles. The van der Waals surface area contributed by atoms with E-state index < -0.39 is 42.7 Å². The summed E-state index contributed by atoms with van der Waals surface area (Å²) in [5.41, 5.74) is 0.756. The van der Waals surface area contributed by atoms with Gasteiger partial charge in [-0.05, 0) is 17.7 Å². The number of alkyl halides is 3. The van der Waals surface area contributed by atoms with Gasteiger partial charge in [-0.15, -0.1) is 0 Å². The number of benzene rings is 1. The third-order valence-corrected chi connectivity index (χ3v) is 4.44. The lowest BCUT2D eigenvalue weighted by Gasteiger charge is -2.17. The molecule has 1 heterocycles. The van der Waals surface area contributed by atoms with Gasteiger partial charge in [0.05, 0.1) is 12.3 Å². The largest absolute Gasteiger partial charge is 0.481 e. The molecule has 1 fully saturated rings. The summed E-state index contributed by atoms with van der Waals surface area (Å²) >= 11 is 3.28. The van der Waals surface area contributed by atoms with Crippen LogP contribution < -0.4 is 0 Å². The first-order valence-electron chi connectivity index (χ1n) is 7.00. The summed E-state index contributed by atoms with van der Waals surface area (Å²) in [6, 6.07) is 7.05. The Kier molecular flexibility index (Phi) is 5.33. The highest BCUT2D eigenvalue weighted by atomic mass is 79.9. The first-order valence-corrected chi connectivity index (χ1v) is 7.79. The molecule has 2 rings (SSSR count). The molecule has 4 nitrogen and oxygen atoms in total. The van der Waals surface area contributed by atoms with Crippen LogP contribution in [0, 0.1) is 5.92 Å². The van der Waals surface area contributed by atoms with Crippen LogP contribution in [0.4, 0.5) is 13.2 Å². The summed E-state index contributed by atoms with van der Waals surface area (Å²) in [5.74, 6) is -2.95. The monoisotopic (exact) mass is 393 g/mol. The van der Waals surface area contributed by atoms with Crippen molar-refractivity contribution in [1.82, 2.24) is 4.90 Å². The minimum atomic E-state index is -4.40. The third-order valence-electron chi connectivity index (χ3n) is 3.91. The van der Waals surface area contributed by atoms with Crippen LogP contribution in [0.25, 0.3) is 0 Å². The summed E-state index contributed by atoms with van der Waals surface area (Å²) in [6.07, 6.45) is -6.24. The lowest BCUT2D eigenvalue weighted by Crippen LogP contribution is -2.30. The number of hydrogen-bond donors (Lipinski definition) is 1. The lowest BCUT2D eigenvalue weighted by molar-refractivity contribution is -0.149. The summed E-state index contributed by atoms with van der Waals surface area (Å²) in [7, 11) is 0. The molecule has 1 N–H and O–H groups in total. The maximum absolute atomic E-state index is 12.2. The van der Waals surface area contributed by atoms with Gasteiger partial charge in [-0.3, -0.25) is 9.59 Å². The number of carboxylic acids is 1. The summed E-state index contributed by atoms with van der Waals surface area (Å²) < 4.78 is 37.5. The average Bonchev–Trinajstić information content (AvgIpc) is 2.90. The van der Waals surface area contributed by atoms with E-state index in [1.54, 1.807) is 24.3 Å². The number of likely N-dealkylation sites (tertiary alicyclic amines) is 1. The molecule has 1 aliphatic rings. The van der Waals surface area contributed by atoms with Gasteiger partial charge in [0.25, 0.3) is 0 Å². The Balaban J connectivity index is 2.10. The van der Waals surface area contributed by atoms with Crippen molar-refractivity contribution in [2.24, 2.45) is 5.92 Å². The minimum absolute atomic E-state index is 0.0627. The molecule has 8 heteroatoms. The Labute approximate surface area is 139 Å². The second-order valence-corrected chi connectivity index (χ2v) is 6.43. The van der Waals surface area contributed by atoms with E-state index in [4.69, 9.17) is 0 Å². The van der Waals surface area contributed by atoms with Gasteiger partial charge in [0.1, 0.15) is 0 Å². The molecule has 1 aliphatic heterocycles. The van der Waals surface area contributed by atoms with E-state index in [0.717, 1.165) is 10.0 Å². The second-order valence-electron chi connectivity index (χ2n) is 5.52. The standard InChI is InChI=1S/C15H15BrF3NO3/c16-10-3-1-9(2-4-10)11-7-20(8-12(11)14(22)23)13(21)5-6-15(17,18)19/h1-4,11-12H,5-8H2,(H,22,23)/t11-,12+/m0/s1. The fraction of sp³-hybridized carbons (Fsp3) is 0.467. The number of nitrogens with zero attached hydrogens (tertiary/aromatic N) is 1. The van der Waals surface area contributed by atoms with Gasteiger partial charge >= 0.3 is 12.1 Å². The van der Waals surface area contributed by atoms with Crippen molar-refractivity contribution in [1.29, 1.82) is 0 Å². The second kappa shape index (κ2) is 6.90. The average molecular weight is 394 g/mol. The molecule has 126 valence electrons. The SMILES string of the molecule is O=C(O)[C@@H]1CN(C(=O)CCC(F)(F)F)C[C@H]1c1ccc(Br)cc1. The third kappa shape index (κ3) is 4.70. The number of carbonyl (C=O) groups excluding carboxylic acids is 1. The van der Waals surface area contributed by atoms with Gasteiger partial charge in [0.2, 0.25) is 5.91 Å². The highest BCUT2D eigenvalue weighted by molar-refractivity contribution is 9.10. The molecule has 0 spiro atoms. The minimum Gasteiger partial charge on any atom is -0.481 e. The van der Waals surface area contributed by atoms with Crippen molar-refractivity contribution in [2.75, 3.05) is 13.1 Å². The molecule has 1 amide bonds. The summed E-state index contributed by atoms with van der Waals surface area (Å²) in [6.45, 7) is 0.0576. The molecule has 0 bridgehead atoms. The van der Waals surface area contributed by atoms with E-state index in [2.05, 4.69) is 15.9 Å². The number of amides is 1. The Bertz CT molecular complexity index is 589. The fourth-order valence-corrected chi connectivity index (χ4v) is 2.98. The van der Waals surface area contributed by atoms with Crippen molar-refractivity contribution in [3.05, 3.63) is 34.3 Å². The molecular formula is C15H15BrF3NO3. The van der Waals surface area contributed by atoms with Gasteiger partial charge in [0.15, 0.2) is 0 Å². The molecule has 1 aromatic rings. The highest BCUT2D eigenvalue weighted by Gasteiger charge is 2.41. The molecular weight excluding hydrogens is 379 g/mol. The van der Waals surface area contributed by atoms with Crippen LogP contribution in [0.3, 0.4) is 0 Å². The molecule has 0 unspecified atom stereocenters. The maximum Gasteiger partial charge on any atom is 0.389 e. The van der Waals surface area contributed by atoms with Crippen molar-refractivity contribution < 1.29 is 27.9 Å². The zero-order chi connectivity index (χ0) is 17.2. The molecule has 23 heavy (non-hydrogen) atoms. The predicted molar refractivity (Wildman–Crippen MR) is 79.9 cm³/mol. The van der Waals surface area contributed by atoms with Crippen LogP contribution in [-0.2, 0) is 9.59 Å². The Hall–Kier alpha value is -1.57. The molecule has 0 aliphatic carbocycles. The number of rotatable bonds is 4. The zero-order valence-corrected chi connectivity index (χ0v) is 13.6. The first kappa shape index (κ1) is 17.8. The van der Waals surface area contributed by atoms with Crippen molar-refractivity contribution in [3.8, 4) is 0 Å². The van der Waals surface area contributed by atoms with Crippen molar-refractivity contribution >= 4 is 27.8 Å². The zero-order valence-electron chi connectivity index (χ0n) is 12.0. The number of halogens is 4. The van der Waals surface area contributed by atoms with Crippen LogP contribution in [0.1, 0.15) is 24.3 Å². The van der Waals surface area contributed by atoms with E-state index in [-0.39, 0.29) is 13.1 Å². The summed E-state index contributed by atoms with van der Waals surface area (Å²) in [5, 5.41) is 9.33. The van der Waals surface area contributed by atoms with E-state index in [1.807, 2.05) is 0 Å². The van der Waals surface area contributed by atoms with Crippen LogP contribution in [0.5, 0.6) is 0 Å². The van der Waals surface area contributed by atoms with Gasteiger partial charge in [-0.2, -0.15) is 13.2 Å². The number of carboxylic acid groups (broad SMARTS) is 1. The highest BCUT2D eigenvalue weighted by Crippen LogP contribution is 2.34. The fourth-order valence-electron chi connectivity index (χ4n) is 2.71. The van der Waals surface area contributed by atoms with Gasteiger partial charge in [0, 0.05) is 29.9 Å². The van der Waals surface area contributed by atoms with E-state index in [9.17, 15) is 27.9 Å². The quantitative estimate of drug-likeness (QED) is 0.852. The molecule has 2 atom stereocenters. The Morgan fingerprint density at radius 1 is 1.22 bits per heavy atom. The van der Waals surface area contributed by atoms with Crippen molar-refractivity contribution in [3.63, 3.8) is 0 Å². The molecule has 1 aromatic carbocycles. The lowest BCUT2D eigenvalue weighted by atomic mass is 9.89. The Morgan fingerprint density at radius 3 is 2.35 bits per heavy atom. The first-order chi connectivity index (χ1) is 10.7.